The third-order valence-corrected chi connectivity index (χ3v) is 6.71. The van der Waals surface area contributed by atoms with Gasteiger partial charge in [-0.15, -0.1) is 0 Å². The number of H-pyrrole nitrogens is 1. The molecule has 0 aliphatic rings. The van der Waals surface area contributed by atoms with Gasteiger partial charge in [-0.3, -0.25) is 4.79 Å². The van der Waals surface area contributed by atoms with Crippen molar-refractivity contribution in [2.24, 2.45) is 5.92 Å². The van der Waals surface area contributed by atoms with Crippen LogP contribution in [0.1, 0.15) is 39.5 Å². The minimum absolute atomic E-state index is 0.108. The normalized spacial score (nSPS) is 11.8. The van der Waals surface area contributed by atoms with Gasteiger partial charge < -0.3 is 19.8 Å². The molecule has 0 radical (unpaired) electrons. The number of aromatic nitrogens is 2. The number of benzene rings is 2. The number of ether oxygens (including phenoxy) is 2. The van der Waals surface area contributed by atoms with E-state index in [1.807, 2.05) is 48.5 Å². The lowest BCUT2D eigenvalue weighted by Crippen LogP contribution is -2.32. The third-order valence-electron chi connectivity index (χ3n) is 5.83. The van der Waals surface area contributed by atoms with Crippen molar-refractivity contribution in [3.63, 3.8) is 0 Å². The monoisotopic (exact) mass is 481 g/mol. The number of nitrogens with zero attached hydrogens (tertiary/aromatic N) is 1. The summed E-state index contributed by atoms with van der Waals surface area (Å²) in [6.45, 7) is 4.85. The molecule has 1 aromatic heterocycles. The Hall–Kier alpha value is -2.93. The zero-order valence-corrected chi connectivity index (χ0v) is 21.3. The van der Waals surface area contributed by atoms with E-state index in [-0.39, 0.29) is 11.8 Å². The standard InChI is InChI=1S/C27H35N3O3S/c1-5-7-8-19(6-2)26(31)28-17-18-34-27-29-24(20-9-13-22(32-3)14-10-20)25(30-27)21-11-15-23(33-4)16-12-21/h9-16,19H,5-8,17-18H2,1-4H3,(H,28,31)(H,29,30). The first kappa shape index (κ1) is 25.7. The largest absolute Gasteiger partial charge is 0.497 e. The summed E-state index contributed by atoms with van der Waals surface area (Å²) in [6, 6.07) is 15.8. The molecule has 0 fully saturated rings. The van der Waals surface area contributed by atoms with Crippen LogP contribution in [0.25, 0.3) is 22.5 Å². The van der Waals surface area contributed by atoms with Gasteiger partial charge in [0.1, 0.15) is 11.5 Å². The fraction of sp³-hybridized carbons (Fsp3) is 0.407. The second-order valence-corrected chi connectivity index (χ2v) is 9.19. The van der Waals surface area contributed by atoms with Gasteiger partial charge in [-0.05, 0) is 61.4 Å². The number of thioether (sulfide) groups is 1. The van der Waals surface area contributed by atoms with Crippen molar-refractivity contribution < 1.29 is 14.3 Å². The van der Waals surface area contributed by atoms with E-state index in [1.54, 1.807) is 26.0 Å². The van der Waals surface area contributed by atoms with Crippen molar-refractivity contribution in [2.45, 2.75) is 44.7 Å². The van der Waals surface area contributed by atoms with Crippen LogP contribution < -0.4 is 14.8 Å². The van der Waals surface area contributed by atoms with Crippen molar-refractivity contribution in [2.75, 3.05) is 26.5 Å². The Morgan fingerprint density at radius 2 is 1.62 bits per heavy atom. The average Bonchev–Trinajstić information content (AvgIpc) is 3.31. The van der Waals surface area contributed by atoms with Crippen LogP contribution in [-0.4, -0.2) is 42.4 Å². The van der Waals surface area contributed by atoms with Crippen molar-refractivity contribution in [3.8, 4) is 34.0 Å². The van der Waals surface area contributed by atoms with E-state index in [0.717, 1.165) is 70.6 Å². The van der Waals surface area contributed by atoms with Gasteiger partial charge in [0, 0.05) is 29.3 Å². The lowest BCUT2D eigenvalue weighted by Gasteiger charge is -2.14. The molecule has 3 rings (SSSR count). The summed E-state index contributed by atoms with van der Waals surface area (Å²) in [5, 5.41) is 3.92. The van der Waals surface area contributed by atoms with Crippen LogP contribution in [0, 0.1) is 5.92 Å². The predicted octanol–water partition coefficient (Wildman–Crippen LogP) is 6.19. The van der Waals surface area contributed by atoms with Crippen molar-refractivity contribution in [1.82, 2.24) is 15.3 Å². The molecular formula is C27H35N3O3S. The van der Waals surface area contributed by atoms with E-state index in [2.05, 4.69) is 24.1 Å². The molecule has 0 saturated carbocycles. The molecule has 0 spiro atoms. The molecule has 3 aromatic rings. The number of rotatable bonds is 13. The Morgan fingerprint density at radius 3 is 2.18 bits per heavy atom. The van der Waals surface area contributed by atoms with Crippen LogP contribution in [0.2, 0.25) is 0 Å². The van der Waals surface area contributed by atoms with Gasteiger partial charge in [0.15, 0.2) is 5.16 Å². The average molecular weight is 482 g/mol. The van der Waals surface area contributed by atoms with Gasteiger partial charge in [0.05, 0.1) is 25.6 Å². The number of carbonyl (C=O) groups excluding carboxylic acids is 1. The number of hydrogen-bond donors (Lipinski definition) is 2. The molecule has 0 aliphatic carbocycles. The smallest absolute Gasteiger partial charge is 0.223 e. The number of hydrogen-bond acceptors (Lipinski definition) is 5. The van der Waals surface area contributed by atoms with Crippen molar-refractivity contribution in [3.05, 3.63) is 48.5 Å². The second-order valence-electron chi connectivity index (χ2n) is 8.11. The molecule has 2 aromatic carbocycles. The van der Waals surface area contributed by atoms with Crippen LogP contribution in [0.5, 0.6) is 11.5 Å². The van der Waals surface area contributed by atoms with Gasteiger partial charge >= 0.3 is 0 Å². The third kappa shape index (κ3) is 6.79. The Kier molecular flexibility index (Phi) is 9.89. The number of unbranched alkanes of at least 4 members (excludes halogenated alkanes) is 1. The number of methoxy groups -OCH3 is 2. The summed E-state index contributed by atoms with van der Waals surface area (Å²) in [5.74, 6) is 2.63. The highest BCUT2D eigenvalue weighted by molar-refractivity contribution is 7.99. The van der Waals surface area contributed by atoms with Gasteiger partial charge in [0.2, 0.25) is 5.91 Å². The van der Waals surface area contributed by atoms with E-state index >= 15 is 0 Å². The van der Waals surface area contributed by atoms with Gasteiger partial charge in [-0.2, -0.15) is 0 Å². The molecule has 0 bridgehead atoms. The highest BCUT2D eigenvalue weighted by atomic mass is 32.2. The topological polar surface area (TPSA) is 76.2 Å². The minimum Gasteiger partial charge on any atom is -0.497 e. The summed E-state index contributed by atoms with van der Waals surface area (Å²) < 4.78 is 10.6. The molecule has 1 heterocycles. The van der Waals surface area contributed by atoms with Crippen LogP contribution in [-0.2, 0) is 4.79 Å². The lowest BCUT2D eigenvalue weighted by atomic mass is 9.98. The zero-order valence-electron chi connectivity index (χ0n) is 20.5. The Morgan fingerprint density at radius 1 is 1.00 bits per heavy atom. The Bertz CT molecular complexity index is 967. The summed E-state index contributed by atoms with van der Waals surface area (Å²) in [7, 11) is 3.32. The molecule has 0 saturated heterocycles. The van der Waals surface area contributed by atoms with E-state index in [9.17, 15) is 4.79 Å². The van der Waals surface area contributed by atoms with Gasteiger partial charge in [-0.1, -0.05) is 38.5 Å². The minimum atomic E-state index is 0.108. The number of nitrogens with one attached hydrogen (secondary N) is 2. The molecule has 34 heavy (non-hydrogen) atoms. The maximum Gasteiger partial charge on any atom is 0.223 e. The van der Waals surface area contributed by atoms with Gasteiger partial charge in [0.25, 0.3) is 0 Å². The second kappa shape index (κ2) is 13.1. The zero-order chi connectivity index (χ0) is 24.3. The van der Waals surface area contributed by atoms with E-state index < -0.39 is 0 Å². The number of aromatic amines is 1. The number of amides is 1. The van der Waals surface area contributed by atoms with Crippen LogP contribution in [0.15, 0.2) is 53.7 Å². The maximum absolute atomic E-state index is 12.5. The molecule has 182 valence electrons. The van der Waals surface area contributed by atoms with Crippen LogP contribution >= 0.6 is 11.8 Å². The summed E-state index contributed by atoms with van der Waals surface area (Å²) in [6.07, 6.45) is 4.05. The predicted molar refractivity (Wildman–Crippen MR) is 140 cm³/mol. The van der Waals surface area contributed by atoms with E-state index in [0.29, 0.717) is 6.54 Å². The Labute approximate surface area is 206 Å². The van der Waals surface area contributed by atoms with E-state index in [4.69, 9.17) is 14.5 Å². The summed E-state index contributed by atoms with van der Waals surface area (Å²) in [4.78, 5) is 20.8. The van der Waals surface area contributed by atoms with Gasteiger partial charge in [-0.25, -0.2) is 4.98 Å². The molecule has 0 aliphatic heterocycles. The SMILES string of the molecule is CCCCC(CC)C(=O)NCCSc1nc(-c2ccc(OC)cc2)c(-c2ccc(OC)cc2)[nH]1. The highest BCUT2D eigenvalue weighted by Crippen LogP contribution is 2.34. The molecule has 2 N–H and O–H groups in total. The fourth-order valence-corrected chi connectivity index (χ4v) is 4.51. The molecule has 1 atom stereocenters. The first-order valence-electron chi connectivity index (χ1n) is 11.9. The van der Waals surface area contributed by atoms with Crippen molar-refractivity contribution >= 4 is 17.7 Å². The number of imidazole rings is 1. The molecule has 1 amide bonds. The van der Waals surface area contributed by atoms with Crippen molar-refractivity contribution in [1.29, 1.82) is 0 Å². The highest BCUT2D eigenvalue weighted by Gasteiger charge is 2.17. The molecular weight excluding hydrogens is 446 g/mol. The van der Waals surface area contributed by atoms with E-state index in [1.165, 1.54) is 0 Å². The van der Waals surface area contributed by atoms with Crippen LogP contribution in [0.4, 0.5) is 0 Å². The molecule has 6 nitrogen and oxygen atoms in total. The molecule has 7 heteroatoms. The lowest BCUT2D eigenvalue weighted by molar-refractivity contribution is -0.125. The summed E-state index contributed by atoms with van der Waals surface area (Å²) in [5.41, 5.74) is 3.86. The first-order valence-corrected chi connectivity index (χ1v) is 12.9. The van der Waals surface area contributed by atoms with Crippen LogP contribution in [0.3, 0.4) is 0 Å². The number of carbonyl (C=O) groups is 1. The molecule has 1 unspecified atom stereocenters. The summed E-state index contributed by atoms with van der Waals surface area (Å²) >= 11 is 1.61. The maximum atomic E-state index is 12.5. The fourth-order valence-electron chi connectivity index (χ4n) is 3.78. The first-order chi connectivity index (χ1) is 16.6. The quantitative estimate of drug-likeness (QED) is 0.225. The Balaban J connectivity index is 1.72.